The Bertz CT molecular complexity index is 561. The molecule has 2 rings (SSSR count). The van der Waals surface area contributed by atoms with Gasteiger partial charge in [0.1, 0.15) is 5.75 Å². The largest absolute Gasteiger partial charge is 0.507 e. The van der Waals surface area contributed by atoms with Crippen LogP contribution in [0.2, 0.25) is 0 Å². The molecule has 0 amide bonds. The standard InChI is InChI=1S/C12H12N2O3/c1-14-7-9(10(13-14)6-12(16)17)8-4-2-3-5-11(8)15/h2-5,7,15H,6H2,1H3,(H,16,17). The van der Waals surface area contributed by atoms with Gasteiger partial charge in [0, 0.05) is 24.4 Å². The number of aliphatic carboxylic acids is 1. The van der Waals surface area contributed by atoms with E-state index in [9.17, 15) is 9.90 Å². The highest BCUT2D eigenvalue weighted by Gasteiger charge is 2.15. The first kappa shape index (κ1) is 11.2. The first-order chi connectivity index (χ1) is 8.08. The number of aromatic hydroxyl groups is 1. The Morgan fingerprint density at radius 1 is 1.35 bits per heavy atom. The highest BCUT2D eigenvalue weighted by atomic mass is 16.4. The molecular formula is C12H12N2O3. The van der Waals surface area contributed by atoms with E-state index < -0.39 is 5.97 Å². The Balaban J connectivity index is 2.51. The van der Waals surface area contributed by atoms with Crippen molar-refractivity contribution in [1.29, 1.82) is 0 Å². The molecule has 0 aliphatic heterocycles. The molecule has 5 nitrogen and oxygen atoms in total. The molecule has 17 heavy (non-hydrogen) atoms. The summed E-state index contributed by atoms with van der Waals surface area (Å²) < 4.78 is 1.54. The lowest BCUT2D eigenvalue weighted by Crippen LogP contribution is -2.02. The van der Waals surface area contributed by atoms with Crippen molar-refractivity contribution in [1.82, 2.24) is 9.78 Å². The lowest BCUT2D eigenvalue weighted by Gasteiger charge is -2.02. The number of aromatic nitrogens is 2. The van der Waals surface area contributed by atoms with Crippen molar-refractivity contribution in [2.45, 2.75) is 6.42 Å². The minimum atomic E-state index is -0.944. The van der Waals surface area contributed by atoms with Gasteiger partial charge in [-0.3, -0.25) is 9.48 Å². The van der Waals surface area contributed by atoms with E-state index in [1.165, 1.54) is 0 Å². The van der Waals surface area contributed by atoms with E-state index in [2.05, 4.69) is 5.10 Å². The van der Waals surface area contributed by atoms with Gasteiger partial charge in [0.15, 0.2) is 0 Å². The second-order valence-corrected chi connectivity index (χ2v) is 3.75. The molecule has 5 heteroatoms. The Kier molecular flexibility index (Phi) is 2.82. The van der Waals surface area contributed by atoms with E-state index in [1.807, 2.05) is 0 Å². The van der Waals surface area contributed by atoms with Crippen LogP contribution < -0.4 is 0 Å². The third-order valence-electron chi connectivity index (χ3n) is 2.42. The maximum Gasteiger partial charge on any atom is 0.309 e. The van der Waals surface area contributed by atoms with Crippen molar-refractivity contribution in [3.63, 3.8) is 0 Å². The van der Waals surface area contributed by atoms with Crippen LogP contribution in [0.3, 0.4) is 0 Å². The lowest BCUT2D eigenvalue weighted by atomic mass is 10.0. The molecule has 0 spiro atoms. The number of phenols is 1. The molecule has 0 aliphatic carbocycles. The predicted molar refractivity (Wildman–Crippen MR) is 61.6 cm³/mol. The number of aryl methyl sites for hydroxylation is 1. The molecule has 88 valence electrons. The van der Waals surface area contributed by atoms with Crippen molar-refractivity contribution in [2.75, 3.05) is 0 Å². The summed E-state index contributed by atoms with van der Waals surface area (Å²) in [6.07, 6.45) is 1.54. The minimum Gasteiger partial charge on any atom is -0.507 e. The predicted octanol–water partition coefficient (Wildman–Crippen LogP) is 1.42. The molecule has 0 aliphatic rings. The fourth-order valence-electron chi connectivity index (χ4n) is 1.73. The molecule has 0 saturated carbocycles. The Morgan fingerprint density at radius 3 is 2.71 bits per heavy atom. The number of benzene rings is 1. The zero-order chi connectivity index (χ0) is 12.4. The van der Waals surface area contributed by atoms with Crippen LogP contribution in [-0.4, -0.2) is 26.0 Å². The number of carboxylic acids is 1. The van der Waals surface area contributed by atoms with Crippen LogP contribution in [0.15, 0.2) is 30.5 Å². The number of carbonyl (C=O) groups is 1. The van der Waals surface area contributed by atoms with Crippen molar-refractivity contribution < 1.29 is 15.0 Å². The van der Waals surface area contributed by atoms with Gasteiger partial charge in [0.25, 0.3) is 0 Å². The smallest absolute Gasteiger partial charge is 0.309 e. The molecule has 2 N–H and O–H groups in total. The number of phenolic OH excluding ortho intramolecular Hbond substituents is 1. The zero-order valence-corrected chi connectivity index (χ0v) is 9.29. The van der Waals surface area contributed by atoms with E-state index in [-0.39, 0.29) is 12.2 Å². The van der Waals surface area contributed by atoms with Crippen molar-refractivity contribution in [3.05, 3.63) is 36.2 Å². The topological polar surface area (TPSA) is 75.4 Å². The highest BCUT2D eigenvalue weighted by Crippen LogP contribution is 2.30. The maximum absolute atomic E-state index is 10.7. The summed E-state index contributed by atoms with van der Waals surface area (Å²) in [6.45, 7) is 0. The summed E-state index contributed by atoms with van der Waals surface area (Å²) >= 11 is 0. The number of rotatable bonds is 3. The number of para-hydroxylation sites is 1. The maximum atomic E-state index is 10.7. The van der Waals surface area contributed by atoms with Crippen molar-refractivity contribution >= 4 is 5.97 Å². The quantitative estimate of drug-likeness (QED) is 0.839. The average molecular weight is 232 g/mol. The van der Waals surface area contributed by atoms with Gasteiger partial charge in [-0.1, -0.05) is 18.2 Å². The van der Waals surface area contributed by atoms with E-state index in [1.54, 1.807) is 42.2 Å². The number of hydrogen-bond acceptors (Lipinski definition) is 3. The first-order valence-corrected chi connectivity index (χ1v) is 5.10. The van der Waals surface area contributed by atoms with Crippen molar-refractivity contribution in [2.24, 2.45) is 7.05 Å². The van der Waals surface area contributed by atoms with Gasteiger partial charge < -0.3 is 10.2 Å². The Morgan fingerprint density at radius 2 is 2.06 bits per heavy atom. The molecule has 0 saturated heterocycles. The summed E-state index contributed by atoms with van der Waals surface area (Å²) in [5.74, 6) is -0.826. The van der Waals surface area contributed by atoms with Crippen LogP contribution in [0.5, 0.6) is 5.75 Å². The lowest BCUT2D eigenvalue weighted by molar-refractivity contribution is -0.136. The minimum absolute atomic E-state index is 0.118. The fourth-order valence-corrected chi connectivity index (χ4v) is 1.73. The van der Waals surface area contributed by atoms with E-state index in [4.69, 9.17) is 5.11 Å². The monoisotopic (exact) mass is 232 g/mol. The third kappa shape index (κ3) is 2.28. The summed E-state index contributed by atoms with van der Waals surface area (Å²) in [5, 5.41) is 22.6. The van der Waals surface area contributed by atoms with Gasteiger partial charge in [-0.05, 0) is 6.07 Å². The van der Waals surface area contributed by atoms with Gasteiger partial charge in [0.05, 0.1) is 12.1 Å². The normalized spacial score (nSPS) is 10.4. The highest BCUT2D eigenvalue weighted by molar-refractivity contribution is 5.77. The molecule has 0 atom stereocenters. The Labute approximate surface area is 97.9 Å². The van der Waals surface area contributed by atoms with Gasteiger partial charge in [-0.2, -0.15) is 5.10 Å². The van der Waals surface area contributed by atoms with Crippen LogP contribution in [0, 0.1) is 0 Å². The van der Waals surface area contributed by atoms with Gasteiger partial charge in [-0.25, -0.2) is 0 Å². The number of carboxylic acid groups (broad SMARTS) is 1. The van der Waals surface area contributed by atoms with Crippen molar-refractivity contribution in [3.8, 4) is 16.9 Å². The average Bonchev–Trinajstić information content (AvgIpc) is 2.59. The number of hydrogen-bond donors (Lipinski definition) is 2. The Hall–Kier alpha value is -2.30. The summed E-state index contributed by atoms with van der Waals surface area (Å²) in [4.78, 5) is 10.7. The third-order valence-corrected chi connectivity index (χ3v) is 2.42. The molecule has 0 unspecified atom stereocenters. The van der Waals surface area contributed by atoms with Gasteiger partial charge in [-0.15, -0.1) is 0 Å². The van der Waals surface area contributed by atoms with Crippen LogP contribution in [0.1, 0.15) is 5.69 Å². The molecule has 0 fully saturated rings. The SMILES string of the molecule is Cn1cc(-c2ccccc2O)c(CC(=O)O)n1. The van der Waals surface area contributed by atoms with Gasteiger partial charge in [0.2, 0.25) is 0 Å². The molecular weight excluding hydrogens is 220 g/mol. The zero-order valence-electron chi connectivity index (χ0n) is 9.29. The second kappa shape index (κ2) is 4.29. The van der Waals surface area contributed by atoms with Gasteiger partial charge >= 0.3 is 5.97 Å². The van der Waals surface area contributed by atoms with E-state index >= 15 is 0 Å². The summed E-state index contributed by atoms with van der Waals surface area (Å²) in [5.41, 5.74) is 1.69. The van der Waals surface area contributed by atoms with E-state index in [0.717, 1.165) is 0 Å². The molecule has 1 aromatic carbocycles. The fraction of sp³-hybridized carbons (Fsp3) is 0.167. The summed E-state index contributed by atoms with van der Waals surface area (Å²) in [6, 6.07) is 6.79. The molecule has 1 aromatic heterocycles. The van der Waals surface area contributed by atoms with Crippen LogP contribution in [0.25, 0.3) is 11.1 Å². The van der Waals surface area contributed by atoms with Crippen LogP contribution >= 0.6 is 0 Å². The van der Waals surface area contributed by atoms with Crippen LogP contribution in [-0.2, 0) is 18.3 Å². The van der Waals surface area contributed by atoms with Crippen LogP contribution in [0.4, 0.5) is 0 Å². The molecule has 0 bridgehead atoms. The molecule has 1 heterocycles. The first-order valence-electron chi connectivity index (χ1n) is 5.10. The molecule has 0 radical (unpaired) electrons. The molecule has 2 aromatic rings. The van der Waals surface area contributed by atoms with E-state index in [0.29, 0.717) is 16.8 Å². The second-order valence-electron chi connectivity index (χ2n) is 3.75. The number of nitrogens with zero attached hydrogens (tertiary/aromatic N) is 2. The summed E-state index contributed by atoms with van der Waals surface area (Å²) in [7, 11) is 1.72.